The molecule has 0 unspecified atom stereocenters. The molecule has 2 aliphatic rings. The van der Waals surface area contributed by atoms with Crippen LogP contribution in [0.4, 0.5) is 5.69 Å². The fraction of sp³-hybridized carbons (Fsp3) is 0.444. The minimum Gasteiger partial charge on any atom is -0.489 e. The maximum atomic E-state index is 13.3. The second-order valence-electron chi connectivity index (χ2n) is 6.78. The van der Waals surface area contributed by atoms with Gasteiger partial charge in [0.1, 0.15) is 23.8 Å². The largest absolute Gasteiger partial charge is 0.489 e. The number of ether oxygens (including phenoxy) is 1. The molecule has 0 bridgehead atoms. The standard InChI is InChI=1S/C18H21N3O5S/c1-12-10-15(19-26-12)16-4-3-7-21(16)27(23,24)14-5-6-17-18(11-14)25-9-8-20(17)13(2)22/h5-6,10-11,16H,3-4,7-9H2,1-2H3/t16-/m1/s1. The normalized spacial score (nSPS) is 20.4. The predicted molar refractivity (Wildman–Crippen MR) is 97.1 cm³/mol. The van der Waals surface area contributed by atoms with E-state index in [-0.39, 0.29) is 16.8 Å². The van der Waals surface area contributed by atoms with Gasteiger partial charge in [0.05, 0.1) is 23.2 Å². The summed E-state index contributed by atoms with van der Waals surface area (Å²) in [6, 6.07) is 6.11. The number of aromatic nitrogens is 1. The van der Waals surface area contributed by atoms with Gasteiger partial charge in [0.15, 0.2) is 0 Å². The van der Waals surface area contributed by atoms with E-state index >= 15 is 0 Å². The third-order valence-corrected chi connectivity index (χ3v) is 6.88. The highest BCUT2D eigenvalue weighted by Gasteiger charge is 2.38. The lowest BCUT2D eigenvalue weighted by Gasteiger charge is -2.29. The van der Waals surface area contributed by atoms with Crippen LogP contribution in [0.15, 0.2) is 33.7 Å². The summed E-state index contributed by atoms with van der Waals surface area (Å²) in [6.45, 7) is 4.48. The summed E-state index contributed by atoms with van der Waals surface area (Å²) in [7, 11) is -3.73. The summed E-state index contributed by atoms with van der Waals surface area (Å²) >= 11 is 0. The molecule has 144 valence electrons. The lowest BCUT2D eigenvalue weighted by molar-refractivity contribution is -0.116. The first-order chi connectivity index (χ1) is 12.9. The molecular weight excluding hydrogens is 370 g/mol. The van der Waals surface area contributed by atoms with Crippen LogP contribution in [0.5, 0.6) is 5.75 Å². The van der Waals surface area contributed by atoms with Crippen molar-refractivity contribution >= 4 is 21.6 Å². The molecular formula is C18H21N3O5S. The van der Waals surface area contributed by atoms with E-state index in [2.05, 4.69) is 5.16 Å². The number of benzene rings is 1. The van der Waals surface area contributed by atoms with E-state index in [4.69, 9.17) is 9.26 Å². The Morgan fingerprint density at radius 1 is 1.26 bits per heavy atom. The lowest BCUT2D eigenvalue weighted by Crippen LogP contribution is -2.36. The third-order valence-electron chi connectivity index (χ3n) is 4.97. The Morgan fingerprint density at radius 3 is 2.78 bits per heavy atom. The molecule has 3 heterocycles. The van der Waals surface area contributed by atoms with Gasteiger partial charge in [-0.1, -0.05) is 5.16 Å². The number of hydrogen-bond acceptors (Lipinski definition) is 6. The van der Waals surface area contributed by atoms with E-state index in [9.17, 15) is 13.2 Å². The van der Waals surface area contributed by atoms with Crippen molar-refractivity contribution in [2.45, 2.75) is 37.6 Å². The molecule has 4 rings (SSSR count). The average molecular weight is 391 g/mol. The monoisotopic (exact) mass is 391 g/mol. The third kappa shape index (κ3) is 3.10. The van der Waals surface area contributed by atoms with E-state index in [1.807, 2.05) is 0 Å². The summed E-state index contributed by atoms with van der Waals surface area (Å²) in [6.07, 6.45) is 1.46. The highest BCUT2D eigenvalue weighted by Crippen LogP contribution is 2.39. The van der Waals surface area contributed by atoms with Crippen LogP contribution in [-0.2, 0) is 14.8 Å². The minimum atomic E-state index is -3.73. The van der Waals surface area contributed by atoms with Crippen molar-refractivity contribution in [1.29, 1.82) is 0 Å². The molecule has 0 radical (unpaired) electrons. The number of anilines is 1. The molecule has 2 aliphatic heterocycles. The van der Waals surface area contributed by atoms with Gasteiger partial charge in [-0.15, -0.1) is 0 Å². The van der Waals surface area contributed by atoms with Crippen molar-refractivity contribution in [2.24, 2.45) is 0 Å². The Balaban J connectivity index is 1.69. The fourth-order valence-electron chi connectivity index (χ4n) is 3.69. The molecule has 27 heavy (non-hydrogen) atoms. The number of aryl methyl sites for hydroxylation is 1. The van der Waals surface area contributed by atoms with Gasteiger partial charge in [-0.25, -0.2) is 8.42 Å². The van der Waals surface area contributed by atoms with E-state index in [0.717, 1.165) is 6.42 Å². The maximum absolute atomic E-state index is 13.3. The van der Waals surface area contributed by atoms with Crippen LogP contribution in [0.3, 0.4) is 0 Å². The highest BCUT2D eigenvalue weighted by molar-refractivity contribution is 7.89. The first-order valence-corrected chi connectivity index (χ1v) is 10.3. The Morgan fingerprint density at radius 2 is 2.07 bits per heavy atom. The molecule has 0 saturated carbocycles. The van der Waals surface area contributed by atoms with Crippen LogP contribution < -0.4 is 9.64 Å². The predicted octanol–water partition coefficient (Wildman–Crippen LogP) is 2.25. The van der Waals surface area contributed by atoms with Gasteiger partial charge in [0.25, 0.3) is 0 Å². The SMILES string of the molecule is CC(=O)N1CCOc2cc(S(=O)(=O)N3CCC[C@@H]3c3cc(C)on3)ccc21. The van der Waals surface area contributed by atoms with Crippen LogP contribution in [0.1, 0.15) is 37.3 Å². The van der Waals surface area contributed by atoms with E-state index in [1.165, 1.54) is 23.4 Å². The first-order valence-electron chi connectivity index (χ1n) is 8.88. The molecule has 0 spiro atoms. The Labute approximate surface area is 157 Å². The summed E-state index contributed by atoms with van der Waals surface area (Å²) in [5.41, 5.74) is 1.23. The number of nitrogens with zero attached hydrogens (tertiary/aromatic N) is 3. The summed E-state index contributed by atoms with van der Waals surface area (Å²) in [4.78, 5) is 13.5. The maximum Gasteiger partial charge on any atom is 0.243 e. The summed E-state index contributed by atoms with van der Waals surface area (Å²) in [5.74, 6) is 0.961. The number of sulfonamides is 1. The number of carbonyl (C=O) groups excluding carboxylic acids is 1. The smallest absolute Gasteiger partial charge is 0.243 e. The van der Waals surface area contributed by atoms with Crippen molar-refractivity contribution in [3.63, 3.8) is 0 Å². The first kappa shape index (κ1) is 18.0. The molecule has 1 atom stereocenters. The van der Waals surface area contributed by atoms with Crippen LogP contribution in [0, 0.1) is 6.92 Å². The van der Waals surface area contributed by atoms with Crippen molar-refractivity contribution in [2.75, 3.05) is 24.6 Å². The van der Waals surface area contributed by atoms with Gasteiger partial charge < -0.3 is 14.2 Å². The van der Waals surface area contributed by atoms with Crippen molar-refractivity contribution in [1.82, 2.24) is 9.46 Å². The summed E-state index contributed by atoms with van der Waals surface area (Å²) in [5, 5.41) is 4.00. The molecule has 1 aromatic heterocycles. The van der Waals surface area contributed by atoms with Gasteiger partial charge >= 0.3 is 0 Å². The molecule has 2 aromatic rings. The van der Waals surface area contributed by atoms with Gasteiger partial charge in [-0.3, -0.25) is 4.79 Å². The lowest BCUT2D eigenvalue weighted by atomic mass is 10.1. The number of amides is 1. The molecule has 0 aliphatic carbocycles. The molecule has 1 fully saturated rings. The molecule has 1 aromatic carbocycles. The van der Waals surface area contributed by atoms with E-state index < -0.39 is 10.0 Å². The van der Waals surface area contributed by atoms with Crippen molar-refractivity contribution < 1.29 is 22.5 Å². The van der Waals surface area contributed by atoms with Crippen LogP contribution >= 0.6 is 0 Å². The van der Waals surface area contributed by atoms with Crippen molar-refractivity contribution in [3.05, 3.63) is 35.7 Å². The van der Waals surface area contributed by atoms with Crippen molar-refractivity contribution in [3.8, 4) is 5.75 Å². The topological polar surface area (TPSA) is 93.0 Å². The number of fused-ring (bicyclic) bond motifs is 1. The van der Waals surface area contributed by atoms with E-state index in [1.54, 1.807) is 24.0 Å². The Hall–Kier alpha value is -2.39. The highest BCUT2D eigenvalue weighted by atomic mass is 32.2. The van der Waals surface area contributed by atoms with Crippen LogP contribution in [0.2, 0.25) is 0 Å². The van der Waals surface area contributed by atoms with Crippen LogP contribution in [0.25, 0.3) is 0 Å². The molecule has 9 heteroatoms. The summed E-state index contributed by atoms with van der Waals surface area (Å²) < 4.78 is 38.7. The van der Waals surface area contributed by atoms with E-state index in [0.29, 0.717) is 49.0 Å². The molecule has 0 N–H and O–H groups in total. The molecule has 1 saturated heterocycles. The van der Waals surface area contributed by atoms with Gasteiger partial charge in [-0.05, 0) is 31.9 Å². The fourth-order valence-corrected chi connectivity index (χ4v) is 5.37. The zero-order chi connectivity index (χ0) is 19.2. The second-order valence-corrected chi connectivity index (χ2v) is 8.68. The zero-order valence-corrected chi connectivity index (χ0v) is 16.0. The molecule has 8 nitrogen and oxygen atoms in total. The van der Waals surface area contributed by atoms with Gasteiger partial charge in [0.2, 0.25) is 15.9 Å². The number of carbonyl (C=O) groups is 1. The minimum absolute atomic E-state index is 0.101. The van der Waals surface area contributed by atoms with Crippen LogP contribution in [-0.4, -0.2) is 43.5 Å². The zero-order valence-electron chi connectivity index (χ0n) is 15.2. The molecule has 1 amide bonds. The Kier molecular flexibility index (Phi) is 4.43. The van der Waals surface area contributed by atoms with Gasteiger partial charge in [-0.2, -0.15) is 4.31 Å². The average Bonchev–Trinajstić information content (AvgIpc) is 3.29. The second kappa shape index (κ2) is 6.65. The quantitative estimate of drug-likeness (QED) is 0.797. The Bertz CT molecular complexity index is 985. The number of rotatable bonds is 3. The van der Waals surface area contributed by atoms with Gasteiger partial charge in [0, 0.05) is 25.6 Å². The number of hydrogen-bond donors (Lipinski definition) is 0.